The first-order valence-electron chi connectivity index (χ1n) is 16.7. The summed E-state index contributed by atoms with van der Waals surface area (Å²) in [6.07, 6.45) is 21.5. The van der Waals surface area contributed by atoms with Crippen LogP contribution in [0.1, 0.15) is 34.3 Å². The summed E-state index contributed by atoms with van der Waals surface area (Å²) in [7, 11) is 6.33. The molecule has 2 unspecified atom stereocenters. The van der Waals surface area contributed by atoms with Gasteiger partial charge in [-0.3, -0.25) is 0 Å². The fourth-order valence-corrected chi connectivity index (χ4v) is 7.71. The molecule has 0 aromatic heterocycles. The van der Waals surface area contributed by atoms with Crippen LogP contribution in [0.5, 0.6) is 0 Å². The molecule has 0 saturated carbocycles. The van der Waals surface area contributed by atoms with Gasteiger partial charge in [-0.15, -0.1) is 25.7 Å². The number of hydrogen-bond acceptors (Lipinski definition) is 2. The average molecular weight is 907 g/mol. The Morgan fingerprint density at radius 1 is 0.431 bits per heavy atom. The Morgan fingerprint density at radius 3 is 1.00 bits per heavy atom. The predicted octanol–water partition coefficient (Wildman–Crippen LogP) is 7.11. The summed E-state index contributed by atoms with van der Waals surface area (Å²) in [6, 6.07) is 35.6. The van der Waals surface area contributed by atoms with Gasteiger partial charge in [-0.1, -0.05) is 97.1 Å². The van der Waals surface area contributed by atoms with Crippen LogP contribution in [0.25, 0.3) is 0 Å². The second-order valence-electron chi connectivity index (χ2n) is 10.7. The van der Waals surface area contributed by atoms with E-state index >= 15 is 0 Å². The molecule has 4 N–H and O–H groups in total. The van der Waals surface area contributed by atoms with E-state index in [2.05, 4.69) is 130 Å². The molecular formula is C51H32Cl2N2P2Ru+4. The number of halogens is 2. The number of hydrogen-bond donors (Lipinski definition) is 2. The molecular weight excluding hydrogens is 874 g/mol. The molecule has 0 amide bonds. The van der Waals surface area contributed by atoms with Crippen molar-refractivity contribution in [1.82, 2.24) is 0 Å². The normalized spacial score (nSPS) is 9.21. The Kier molecular flexibility index (Phi) is 25.3. The quantitative estimate of drug-likeness (QED) is 0.118. The minimum absolute atomic E-state index is 0.163. The standard InChI is InChI=1S/C37H14P2.C14H16N2.2ClH.Ru/c1-5-9-13-21-29-38(30-22-14-10-6-2)36-27-19-17-25-34(36)33-35-26-18-20-28-37(35)39(31-23-15-11-7-3)32-24-16-12-8-4;15-13(11-7-3-1-4-8-11)14(16)12-9-5-2-6-10-12;;;/h1-4,17-20,25-28H,33H2;1-10,13-14H,15-16H2;2*1H;/q;;;;+4. The van der Waals surface area contributed by atoms with Crippen LogP contribution >= 0.6 is 35.2 Å². The molecule has 4 aromatic carbocycles. The van der Waals surface area contributed by atoms with Crippen molar-refractivity contribution in [1.29, 1.82) is 0 Å². The molecule has 0 saturated heterocycles. The summed E-state index contributed by atoms with van der Waals surface area (Å²) >= 11 is -0.346. The molecule has 0 spiro atoms. The van der Waals surface area contributed by atoms with Gasteiger partial charge in [0.05, 0.1) is 0 Å². The fourth-order valence-electron chi connectivity index (χ4n) is 4.78. The summed E-state index contributed by atoms with van der Waals surface area (Å²) < 4.78 is 0. The van der Waals surface area contributed by atoms with E-state index in [-0.39, 0.29) is 27.2 Å². The molecule has 2 nitrogen and oxygen atoms in total. The van der Waals surface area contributed by atoms with Crippen LogP contribution in [0.3, 0.4) is 0 Å². The van der Waals surface area contributed by atoms with Crippen LogP contribution < -0.4 is 22.1 Å². The zero-order valence-electron chi connectivity index (χ0n) is 30.8. The monoisotopic (exact) mass is 906 g/mol. The molecule has 0 bridgehead atoms. The molecule has 0 aliphatic carbocycles. The van der Waals surface area contributed by atoms with Gasteiger partial charge in [0, 0.05) is 77.0 Å². The molecule has 2 atom stereocenters. The minimum atomic E-state index is -1.69. The Morgan fingerprint density at radius 2 is 0.707 bits per heavy atom. The van der Waals surface area contributed by atoms with E-state index < -0.39 is 15.8 Å². The zero-order chi connectivity index (χ0) is 42.1. The van der Waals surface area contributed by atoms with E-state index in [0.717, 1.165) is 32.9 Å². The van der Waals surface area contributed by atoms with Crippen molar-refractivity contribution in [2.45, 2.75) is 18.5 Å². The second kappa shape index (κ2) is 30.8. The van der Waals surface area contributed by atoms with Crippen molar-refractivity contribution in [3.8, 4) is 143 Å². The maximum absolute atomic E-state index is 6.15. The molecule has 0 aliphatic heterocycles. The Hall–Kier alpha value is -6.42. The molecule has 0 heterocycles. The SMILES string of the molecule is C#CC#CC#C[PH+](C#CC#CC#C)c1ccccc1Cc1ccccc1[PH+](C#CC#CC#C)C#CC#CC#C.NC(c1ccccc1)C(N)c1ccccc1.[Cl][Ru+2][Cl]. The van der Waals surface area contributed by atoms with Crippen molar-refractivity contribution in [2.75, 3.05) is 0 Å². The Bertz CT molecular complexity index is 2410. The van der Waals surface area contributed by atoms with E-state index in [1.54, 1.807) is 0 Å². The topological polar surface area (TPSA) is 52.0 Å². The van der Waals surface area contributed by atoms with Gasteiger partial charge < -0.3 is 11.5 Å². The van der Waals surface area contributed by atoms with Gasteiger partial charge in [0.25, 0.3) is 0 Å². The second-order valence-corrected chi connectivity index (χ2v) is 17.0. The van der Waals surface area contributed by atoms with Crippen LogP contribution in [0.4, 0.5) is 0 Å². The van der Waals surface area contributed by atoms with Crippen LogP contribution in [0, 0.1) is 143 Å². The summed E-state index contributed by atoms with van der Waals surface area (Å²) in [5, 5.41) is 2.04. The zero-order valence-corrected chi connectivity index (χ0v) is 36.1. The van der Waals surface area contributed by atoms with Gasteiger partial charge >= 0.3 is 34.5 Å². The van der Waals surface area contributed by atoms with Crippen molar-refractivity contribution in [2.24, 2.45) is 11.5 Å². The maximum atomic E-state index is 6.15. The summed E-state index contributed by atoms with van der Waals surface area (Å²) in [5.74, 6) is 41.0. The molecule has 4 rings (SSSR count). The van der Waals surface area contributed by atoms with Gasteiger partial charge in [-0.25, -0.2) is 0 Å². The van der Waals surface area contributed by atoms with Gasteiger partial charge in [0.2, 0.25) is 0 Å². The average Bonchev–Trinajstić information content (AvgIpc) is 3.26. The summed E-state index contributed by atoms with van der Waals surface area (Å²) in [6.45, 7) is 0. The molecule has 7 heteroatoms. The third kappa shape index (κ3) is 18.5. The Labute approximate surface area is 363 Å². The van der Waals surface area contributed by atoms with E-state index in [4.69, 9.17) is 56.5 Å². The number of terminal acetylenes is 4. The molecule has 274 valence electrons. The van der Waals surface area contributed by atoms with E-state index in [1.807, 2.05) is 97.1 Å². The number of nitrogens with two attached hydrogens (primary N) is 2. The van der Waals surface area contributed by atoms with Crippen molar-refractivity contribution in [3.05, 3.63) is 131 Å². The molecule has 0 fully saturated rings. The van der Waals surface area contributed by atoms with Gasteiger partial charge in [0.1, 0.15) is 33.3 Å². The third-order valence-corrected chi connectivity index (χ3v) is 10.8. The summed E-state index contributed by atoms with van der Waals surface area (Å²) in [4.78, 5) is 0. The van der Waals surface area contributed by atoms with E-state index in [9.17, 15) is 0 Å². The van der Waals surface area contributed by atoms with Crippen molar-refractivity contribution in [3.63, 3.8) is 0 Å². The first kappa shape index (κ1) is 47.7. The molecule has 0 aliphatic rings. The molecule has 58 heavy (non-hydrogen) atoms. The number of benzene rings is 4. The summed E-state index contributed by atoms with van der Waals surface area (Å²) in [5.41, 5.74) is 29.3. The fraction of sp³-hybridized carbons (Fsp3) is 0.0588. The van der Waals surface area contributed by atoms with Crippen molar-refractivity contribution >= 4 is 45.8 Å². The van der Waals surface area contributed by atoms with Gasteiger partial charge in [0.15, 0.2) is 15.8 Å². The predicted molar refractivity (Wildman–Crippen MR) is 248 cm³/mol. The van der Waals surface area contributed by atoms with Gasteiger partial charge in [-0.05, 0) is 70.6 Å². The van der Waals surface area contributed by atoms with Crippen molar-refractivity contribution < 1.29 is 15.1 Å². The Balaban J connectivity index is 0.000000501. The third-order valence-electron chi connectivity index (χ3n) is 7.25. The first-order chi connectivity index (χ1) is 28.4. The van der Waals surface area contributed by atoms with Crippen LogP contribution in [0.15, 0.2) is 109 Å². The van der Waals surface area contributed by atoms with E-state index in [1.165, 1.54) is 0 Å². The van der Waals surface area contributed by atoms with Gasteiger partial charge in [-0.2, -0.15) is 0 Å². The molecule has 0 radical (unpaired) electrons. The van der Waals surface area contributed by atoms with E-state index in [0.29, 0.717) is 6.42 Å². The van der Waals surface area contributed by atoms with Crippen LogP contribution in [0.2, 0.25) is 0 Å². The number of rotatable bonds is 7. The first-order valence-corrected chi connectivity index (χ1v) is 24.2. The molecule has 4 aromatic rings. The van der Waals surface area contributed by atoms with Crippen LogP contribution in [-0.4, -0.2) is 0 Å². The van der Waals surface area contributed by atoms with Crippen LogP contribution in [-0.2, 0) is 21.6 Å².